The summed E-state index contributed by atoms with van der Waals surface area (Å²) >= 11 is 0. The molecule has 0 spiro atoms. The lowest BCUT2D eigenvalue weighted by Gasteiger charge is -2.13. The summed E-state index contributed by atoms with van der Waals surface area (Å²) in [5, 5.41) is 0. The van der Waals surface area contributed by atoms with Crippen LogP contribution < -0.4 is 11.5 Å². The van der Waals surface area contributed by atoms with E-state index in [1.165, 1.54) is 5.56 Å². The molecule has 1 atom stereocenters. The van der Waals surface area contributed by atoms with Crippen LogP contribution in [0.4, 0.5) is 5.69 Å². The number of rotatable bonds is 2. The van der Waals surface area contributed by atoms with Crippen LogP contribution in [0.5, 0.6) is 0 Å². The molecule has 1 aromatic carbocycles. The van der Waals surface area contributed by atoms with Crippen molar-refractivity contribution in [3.8, 4) is 0 Å². The van der Waals surface area contributed by atoms with Crippen LogP contribution in [0.2, 0.25) is 0 Å². The predicted molar refractivity (Wildman–Crippen MR) is 57.5 cm³/mol. The Morgan fingerprint density at radius 1 is 1.38 bits per heavy atom. The maximum Gasteiger partial charge on any atom is 0.0499 e. The van der Waals surface area contributed by atoms with E-state index in [9.17, 15) is 0 Å². The topological polar surface area (TPSA) is 52.0 Å². The van der Waals surface area contributed by atoms with Gasteiger partial charge in [-0.1, -0.05) is 23.8 Å². The van der Waals surface area contributed by atoms with Crippen molar-refractivity contribution >= 4 is 5.69 Å². The molecule has 13 heavy (non-hydrogen) atoms. The van der Waals surface area contributed by atoms with Crippen molar-refractivity contribution in [1.29, 1.82) is 0 Å². The van der Waals surface area contributed by atoms with Crippen LogP contribution in [0.1, 0.15) is 22.7 Å². The minimum Gasteiger partial charge on any atom is -0.398 e. The van der Waals surface area contributed by atoms with Gasteiger partial charge in [-0.05, 0) is 25.0 Å². The Balaban J connectivity index is 3.27. The van der Waals surface area contributed by atoms with Crippen LogP contribution in [-0.2, 0) is 0 Å². The minimum atomic E-state index is -0.168. The molecule has 0 aliphatic rings. The summed E-state index contributed by atoms with van der Waals surface area (Å²) in [4.78, 5) is 0. The summed E-state index contributed by atoms with van der Waals surface area (Å²) in [7, 11) is 0. The Morgan fingerprint density at radius 2 is 2.00 bits per heavy atom. The highest BCUT2D eigenvalue weighted by Gasteiger charge is 2.08. The fourth-order valence-corrected chi connectivity index (χ4v) is 1.41. The van der Waals surface area contributed by atoms with E-state index in [-0.39, 0.29) is 6.04 Å². The highest BCUT2D eigenvalue weighted by molar-refractivity contribution is 5.56. The molecular weight excluding hydrogens is 160 g/mol. The van der Waals surface area contributed by atoms with Crippen molar-refractivity contribution in [2.45, 2.75) is 19.9 Å². The zero-order valence-electron chi connectivity index (χ0n) is 8.17. The lowest BCUT2D eigenvalue weighted by Crippen LogP contribution is -2.10. The summed E-state index contributed by atoms with van der Waals surface area (Å²) < 4.78 is 0. The van der Waals surface area contributed by atoms with Gasteiger partial charge in [-0.2, -0.15) is 0 Å². The van der Waals surface area contributed by atoms with E-state index in [4.69, 9.17) is 11.5 Å². The lowest BCUT2D eigenvalue weighted by molar-refractivity contribution is 0.913. The van der Waals surface area contributed by atoms with E-state index < -0.39 is 0 Å². The first-order valence-electron chi connectivity index (χ1n) is 4.31. The number of nitrogens with two attached hydrogens (primary N) is 2. The van der Waals surface area contributed by atoms with Gasteiger partial charge in [0.15, 0.2) is 0 Å². The molecule has 0 aliphatic heterocycles. The third kappa shape index (κ3) is 1.90. The highest BCUT2D eigenvalue weighted by atomic mass is 14.7. The first kappa shape index (κ1) is 9.81. The van der Waals surface area contributed by atoms with Gasteiger partial charge < -0.3 is 11.5 Å². The van der Waals surface area contributed by atoms with Crippen molar-refractivity contribution in [1.82, 2.24) is 0 Å². The van der Waals surface area contributed by atoms with Crippen LogP contribution in [0.3, 0.4) is 0 Å². The predicted octanol–water partition coefficient (Wildman–Crippen LogP) is 2.07. The summed E-state index contributed by atoms with van der Waals surface area (Å²) in [5.74, 6) is 0. The Bertz CT molecular complexity index is 329. The van der Waals surface area contributed by atoms with E-state index >= 15 is 0 Å². The van der Waals surface area contributed by atoms with E-state index in [0.29, 0.717) is 0 Å². The van der Waals surface area contributed by atoms with Crippen LogP contribution >= 0.6 is 0 Å². The molecule has 70 valence electrons. The van der Waals surface area contributed by atoms with Crippen LogP contribution in [-0.4, -0.2) is 0 Å². The summed E-state index contributed by atoms with van der Waals surface area (Å²) in [6.45, 7) is 7.68. The molecule has 1 rings (SSSR count). The number of nitrogen functional groups attached to an aromatic ring is 1. The molecule has 2 heteroatoms. The Labute approximate surface area is 79.2 Å². The van der Waals surface area contributed by atoms with Gasteiger partial charge >= 0.3 is 0 Å². The van der Waals surface area contributed by atoms with Gasteiger partial charge in [-0.3, -0.25) is 0 Å². The Morgan fingerprint density at radius 3 is 2.54 bits per heavy atom. The zero-order valence-corrected chi connectivity index (χ0v) is 8.17. The third-order valence-electron chi connectivity index (χ3n) is 2.18. The monoisotopic (exact) mass is 176 g/mol. The molecule has 0 unspecified atom stereocenters. The van der Waals surface area contributed by atoms with Crippen molar-refractivity contribution in [2.75, 3.05) is 5.73 Å². The maximum absolute atomic E-state index is 5.90. The van der Waals surface area contributed by atoms with Gasteiger partial charge in [0.2, 0.25) is 0 Å². The summed E-state index contributed by atoms with van der Waals surface area (Å²) in [6.07, 6.45) is 1.70. The molecule has 0 amide bonds. The van der Waals surface area contributed by atoms with Gasteiger partial charge in [0.1, 0.15) is 0 Å². The first-order valence-corrected chi connectivity index (χ1v) is 4.31. The standard InChI is InChI=1S/C11H16N2/c1-4-10(12)9-6-7(2)5-8(3)11(9)13/h4-6,10H,1,12-13H2,2-3H3/t10-/m0/s1. The second-order valence-electron chi connectivity index (χ2n) is 3.35. The Hall–Kier alpha value is -1.28. The van der Waals surface area contributed by atoms with Crippen LogP contribution in [0.15, 0.2) is 24.8 Å². The fraction of sp³-hybridized carbons (Fsp3) is 0.273. The second-order valence-corrected chi connectivity index (χ2v) is 3.35. The molecule has 0 saturated heterocycles. The average molecular weight is 176 g/mol. The summed E-state index contributed by atoms with van der Waals surface area (Å²) in [6, 6.07) is 3.89. The third-order valence-corrected chi connectivity index (χ3v) is 2.18. The molecule has 0 aromatic heterocycles. The first-order chi connectivity index (χ1) is 6.06. The van der Waals surface area contributed by atoms with Crippen LogP contribution in [0, 0.1) is 13.8 Å². The normalized spacial score (nSPS) is 12.5. The molecular formula is C11H16N2. The van der Waals surface area contributed by atoms with Gasteiger partial charge in [-0.15, -0.1) is 6.58 Å². The van der Waals surface area contributed by atoms with Gasteiger partial charge in [-0.25, -0.2) is 0 Å². The van der Waals surface area contributed by atoms with Gasteiger partial charge in [0, 0.05) is 11.7 Å². The van der Waals surface area contributed by atoms with Crippen molar-refractivity contribution < 1.29 is 0 Å². The molecule has 4 N–H and O–H groups in total. The van der Waals surface area contributed by atoms with Crippen molar-refractivity contribution in [3.05, 3.63) is 41.5 Å². The number of hydrogen-bond acceptors (Lipinski definition) is 2. The van der Waals surface area contributed by atoms with E-state index in [1.807, 2.05) is 19.9 Å². The molecule has 0 saturated carbocycles. The molecule has 0 fully saturated rings. The highest BCUT2D eigenvalue weighted by Crippen LogP contribution is 2.24. The lowest BCUT2D eigenvalue weighted by atomic mass is 9.99. The molecule has 0 aliphatic carbocycles. The molecule has 2 nitrogen and oxygen atoms in total. The number of aryl methyl sites for hydroxylation is 2. The minimum absolute atomic E-state index is 0.168. The smallest absolute Gasteiger partial charge is 0.0499 e. The van der Waals surface area contributed by atoms with E-state index in [2.05, 4.69) is 12.6 Å². The van der Waals surface area contributed by atoms with E-state index in [0.717, 1.165) is 16.8 Å². The van der Waals surface area contributed by atoms with Crippen molar-refractivity contribution in [3.63, 3.8) is 0 Å². The van der Waals surface area contributed by atoms with Crippen molar-refractivity contribution in [2.24, 2.45) is 5.73 Å². The number of hydrogen-bond donors (Lipinski definition) is 2. The molecule has 0 heterocycles. The second kappa shape index (κ2) is 3.62. The Kier molecular flexibility index (Phi) is 2.73. The SMILES string of the molecule is C=C[C@H](N)c1cc(C)cc(C)c1N. The fourth-order valence-electron chi connectivity index (χ4n) is 1.41. The van der Waals surface area contributed by atoms with Gasteiger partial charge in [0.25, 0.3) is 0 Å². The largest absolute Gasteiger partial charge is 0.398 e. The number of anilines is 1. The average Bonchev–Trinajstić information content (AvgIpc) is 2.10. The zero-order chi connectivity index (χ0) is 10.0. The molecule has 0 radical (unpaired) electrons. The summed E-state index contributed by atoms with van der Waals surface area (Å²) in [5.41, 5.74) is 15.7. The molecule has 0 bridgehead atoms. The van der Waals surface area contributed by atoms with Crippen LogP contribution in [0.25, 0.3) is 0 Å². The quantitative estimate of drug-likeness (QED) is 0.535. The maximum atomic E-state index is 5.90. The van der Waals surface area contributed by atoms with Gasteiger partial charge in [0.05, 0.1) is 0 Å². The molecule has 1 aromatic rings. The number of benzene rings is 1. The van der Waals surface area contributed by atoms with E-state index in [1.54, 1.807) is 6.08 Å².